The Labute approximate surface area is 185 Å². The molecule has 2 aromatic rings. The molecule has 2 fully saturated rings. The summed E-state index contributed by atoms with van der Waals surface area (Å²) in [5.41, 5.74) is 1.02. The van der Waals surface area contributed by atoms with Gasteiger partial charge in [-0.15, -0.1) is 0 Å². The third-order valence-corrected chi connectivity index (χ3v) is 6.04. The molecule has 0 aliphatic carbocycles. The van der Waals surface area contributed by atoms with Crippen LogP contribution < -0.4 is 10.0 Å². The molecule has 2 aliphatic heterocycles. The first-order valence-corrected chi connectivity index (χ1v) is 10.8. The Morgan fingerprint density at radius 1 is 1.13 bits per heavy atom. The normalized spacial score (nSPS) is 21.6. The number of quaternary nitrogens is 1. The summed E-state index contributed by atoms with van der Waals surface area (Å²) in [5, 5.41) is 13.7. The van der Waals surface area contributed by atoms with Crippen molar-refractivity contribution in [3.8, 4) is 0 Å². The van der Waals surface area contributed by atoms with E-state index in [0.717, 1.165) is 39.3 Å². The summed E-state index contributed by atoms with van der Waals surface area (Å²) in [6.45, 7) is 4.64. The van der Waals surface area contributed by atoms with E-state index in [1.54, 1.807) is 48.8 Å². The number of ether oxygens (including phenoxy) is 1. The number of likely N-dealkylation sites (tertiary alicyclic amines) is 1. The summed E-state index contributed by atoms with van der Waals surface area (Å²) >= 11 is 5.93. The Kier molecular flexibility index (Phi) is 6.65. The quantitative estimate of drug-likeness (QED) is 0.395. The molecule has 1 aromatic carbocycles. The molecule has 8 heteroatoms. The fourth-order valence-electron chi connectivity index (χ4n) is 4.16. The molecule has 0 bridgehead atoms. The summed E-state index contributed by atoms with van der Waals surface area (Å²) in [6, 6.07) is 9.11. The number of ketones is 1. The summed E-state index contributed by atoms with van der Waals surface area (Å²) in [5.74, 6) is -1.81. The van der Waals surface area contributed by atoms with Gasteiger partial charge in [-0.25, -0.2) is 0 Å². The molecule has 0 saturated carbocycles. The summed E-state index contributed by atoms with van der Waals surface area (Å²) < 4.78 is 5.39. The number of amides is 1. The van der Waals surface area contributed by atoms with Gasteiger partial charge in [0, 0.05) is 36.0 Å². The standard InChI is InChI=1S/C23H24ClN3O4/c24-18-4-2-17(3-5-18)21(28)19-20(16-6-8-25-9-7-16)27(23(30)22(19)29)11-1-10-26-12-14-31-15-13-26/h2-9,20,28H,1,10-15H2/b21-19+. The van der Waals surface area contributed by atoms with Gasteiger partial charge in [-0.1, -0.05) is 29.5 Å². The number of hydrogen-bond acceptors (Lipinski definition) is 5. The number of carbonyl (C=O) groups excluding carboxylic acids is 2. The molecule has 1 N–H and O–H groups in total. The Balaban J connectivity index is 1.64. The van der Waals surface area contributed by atoms with E-state index in [4.69, 9.17) is 16.3 Å². The molecule has 7 nitrogen and oxygen atoms in total. The van der Waals surface area contributed by atoms with Crippen molar-refractivity contribution in [1.29, 1.82) is 0 Å². The van der Waals surface area contributed by atoms with Gasteiger partial charge < -0.3 is 19.6 Å². The van der Waals surface area contributed by atoms with Gasteiger partial charge in [0.25, 0.3) is 5.91 Å². The molecule has 1 atom stereocenters. The van der Waals surface area contributed by atoms with Crippen molar-refractivity contribution in [1.82, 2.24) is 9.88 Å². The van der Waals surface area contributed by atoms with Crippen LogP contribution in [0, 0.1) is 0 Å². The van der Waals surface area contributed by atoms with Crippen molar-refractivity contribution in [2.75, 3.05) is 39.4 Å². The van der Waals surface area contributed by atoms with E-state index in [1.165, 1.54) is 9.80 Å². The molecule has 2 aliphatic rings. The van der Waals surface area contributed by atoms with Crippen molar-refractivity contribution in [3.05, 3.63) is 70.5 Å². The number of morpholine rings is 1. The number of carbonyl (C=O) groups is 2. The molecule has 1 amide bonds. The first-order chi connectivity index (χ1) is 15.1. The van der Waals surface area contributed by atoms with Gasteiger partial charge in [-0.2, -0.15) is 0 Å². The average molecular weight is 442 g/mol. The Bertz CT molecular complexity index is 972. The second-order valence-electron chi connectivity index (χ2n) is 7.73. The molecular formula is C23H24ClN3O4. The third-order valence-electron chi connectivity index (χ3n) is 5.79. The molecule has 4 rings (SSSR count). The van der Waals surface area contributed by atoms with Gasteiger partial charge in [0.05, 0.1) is 25.8 Å². The van der Waals surface area contributed by atoms with Crippen LogP contribution in [-0.2, 0) is 14.3 Å². The van der Waals surface area contributed by atoms with Crippen LogP contribution in [0.2, 0.25) is 5.02 Å². The monoisotopic (exact) mass is 441 g/mol. The second-order valence-corrected chi connectivity index (χ2v) is 8.16. The number of hydrogen-bond donors (Lipinski definition) is 1. The van der Waals surface area contributed by atoms with Crippen LogP contribution in [0.4, 0.5) is 0 Å². The van der Waals surface area contributed by atoms with Gasteiger partial charge in [0.1, 0.15) is 13.1 Å². The molecule has 1 unspecified atom stereocenters. The van der Waals surface area contributed by atoms with E-state index in [-0.39, 0.29) is 5.57 Å². The van der Waals surface area contributed by atoms with Crippen LogP contribution in [0.5, 0.6) is 0 Å². The van der Waals surface area contributed by atoms with Crippen LogP contribution >= 0.6 is 11.6 Å². The summed E-state index contributed by atoms with van der Waals surface area (Å²) in [7, 11) is 0. The van der Waals surface area contributed by atoms with Gasteiger partial charge in [-0.3, -0.25) is 14.6 Å². The maximum atomic E-state index is 13.3. The minimum atomic E-state index is -0.736. The first-order valence-electron chi connectivity index (χ1n) is 10.4. The number of nitrogens with one attached hydrogen (secondary N) is 1. The molecule has 162 valence electrons. The summed E-state index contributed by atoms with van der Waals surface area (Å²) in [4.78, 5) is 32.8. The highest BCUT2D eigenvalue weighted by Gasteiger charge is 2.44. The number of rotatable bonds is 6. The molecular weight excluding hydrogens is 418 g/mol. The molecule has 31 heavy (non-hydrogen) atoms. The number of aromatic nitrogens is 1. The lowest BCUT2D eigenvalue weighted by molar-refractivity contribution is -0.908. The zero-order valence-corrected chi connectivity index (χ0v) is 17.8. The average Bonchev–Trinajstić information content (AvgIpc) is 3.05. The van der Waals surface area contributed by atoms with Gasteiger partial charge in [0.15, 0.2) is 0 Å². The van der Waals surface area contributed by atoms with Crippen molar-refractivity contribution in [3.63, 3.8) is 0 Å². The lowest BCUT2D eigenvalue weighted by Crippen LogP contribution is -3.14. The molecule has 3 heterocycles. The lowest BCUT2D eigenvalue weighted by Gasteiger charge is -2.28. The van der Waals surface area contributed by atoms with E-state index in [0.29, 0.717) is 22.7 Å². The number of halogens is 1. The highest BCUT2D eigenvalue weighted by atomic mass is 35.5. The maximum absolute atomic E-state index is 13.3. The predicted octanol–water partition coefficient (Wildman–Crippen LogP) is 0.264. The summed E-state index contributed by atoms with van der Waals surface area (Å²) in [6.07, 6.45) is 3.93. The van der Waals surface area contributed by atoms with E-state index in [9.17, 15) is 14.7 Å². The predicted molar refractivity (Wildman–Crippen MR) is 113 cm³/mol. The highest BCUT2D eigenvalue weighted by molar-refractivity contribution is 6.46. The number of benzene rings is 1. The largest absolute Gasteiger partial charge is 0.872 e. The lowest BCUT2D eigenvalue weighted by atomic mass is 9.96. The highest BCUT2D eigenvalue weighted by Crippen LogP contribution is 2.38. The molecule has 0 radical (unpaired) electrons. The molecule has 1 aromatic heterocycles. The van der Waals surface area contributed by atoms with Gasteiger partial charge in [-0.05, 0) is 35.4 Å². The third kappa shape index (κ3) is 4.63. The maximum Gasteiger partial charge on any atom is 0.295 e. The topological polar surface area (TPSA) is 87.0 Å². The number of pyridine rings is 1. The fraction of sp³-hybridized carbons (Fsp3) is 0.348. The minimum absolute atomic E-state index is 0.0164. The fourth-order valence-corrected chi connectivity index (χ4v) is 4.29. The SMILES string of the molecule is O=C1C(=O)N(CCC[NH+]2CCOCC2)C(c2ccncc2)/C1=C(\[O-])c1ccc(Cl)cc1. The molecule has 2 saturated heterocycles. The van der Waals surface area contributed by atoms with Crippen LogP contribution in [0.25, 0.3) is 5.76 Å². The van der Waals surface area contributed by atoms with Crippen LogP contribution in [0.15, 0.2) is 54.4 Å². The number of nitrogens with zero attached hydrogens (tertiary/aromatic N) is 2. The Hall–Kier alpha value is -2.74. The van der Waals surface area contributed by atoms with Crippen LogP contribution in [0.3, 0.4) is 0 Å². The van der Waals surface area contributed by atoms with E-state index >= 15 is 0 Å². The number of Topliss-reactive ketones (excluding diaryl/α,β-unsaturated/α-hetero) is 1. The smallest absolute Gasteiger partial charge is 0.295 e. The Morgan fingerprint density at radius 2 is 1.81 bits per heavy atom. The van der Waals surface area contributed by atoms with E-state index in [1.807, 2.05) is 0 Å². The van der Waals surface area contributed by atoms with Crippen molar-refractivity contribution < 1.29 is 24.3 Å². The van der Waals surface area contributed by atoms with Gasteiger partial charge >= 0.3 is 0 Å². The van der Waals surface area contributed by atoms with E-state index < -0.39 is 23.5 Å². The minimum Gasteiger partial charge on any atom is -0.872 e. The molecule has 0 spiro atoms. The van der Waals surface area contributed by atoms with E-state index in [2.05, 4.69) is 4.98 Å². The van der Waals surface area contributed by atoms with Gasteiger partial charge in [0.2, 0.25) is 5.78 Å². The van der Waals surface area contributed by atoms with Crippen molar-refractivity contribution >= 4 is 29.1 Å². The van der Waals surface area contributed by atoms with Crippen LogP contribution in [0.1, 0.15) is 23.6 Å². The van der Waals surface area contributed by atoms with Crippen LogP contribution in [-0.4, -0.2) is 61.0 Å². The van der Waals surface area contributed by atoms with Crippen molar-refractivity contribution in [2.24, 2.45) is 0 Å². The Morgan fingerprint density at radius 3 is 2.48 bits per heavy atom. The zero-order valence-electron chi connectivity index (χ0n) is 17.1. The zero-order chi connectivity index (χ0) is 21.8. The van der Waals surface area contributed by atoms with Crippen molar-refractivity contribution in [2.45, 2.75) is 12.5 Å². The second kappa shape index (κ2) is 9.60. The first kappa shape index (κ1) is 21.5.